The van der Waals surface area contributed by atoms with E-state index in [0.29, 0.717) is 5.92 Å². The maximum absolute atomic E-state index is 15.5. The van der Waals surface area contributed by atoms with E-state index < -0.39 is 24.7 Å². The topological polar surface area (TPSA) is 0 Å². The van der Waals surface area contributed by atoms with Gasteiger partial charge in [-0.25, -0.2) is 17.6 Å². The van der Waals surface area contributed by atoms with Gasteiger partial charge in [-0.05, 0) is 118 Å². The average molecular weight is 501 g/mol. The van der Waals surface area contributed by atoms with Gasteiger partial charge in [0.1, 0.15) is 24.7 Å². The summed E-state index contributed by atoms with van der Waals surface area (Å²) in [5, 5.41) is 0. The van der Waals surface area contributed by atoms with Crippen LogP contribution in [0.25, 0.3) is 0 Å². The first-order valence-electron chi connectivity index (χ1n) is 15.5. The Balaban J connectivity index is 1.24. The van der Waals surface area contributed by atoms with Crippen molar-refractivity contribution in [2.75, 3.05) is 0 Å². The van der Waals surface area contributed by atoms with Crippen molar-refractivity contribution in [2.24, 2.45) is 47.3 Å². The zero-order valence-electron chi connectivity index (χ0n) is 22.5. The minimum Gasteiger partial charge on any atom is -0.244 e. The molecule has 0 aromatic rings. The first-order chi connectivity index (χ1) is 16.9. The second kappa shape index (κ2) is 13.0. The molecule has 4 rings (SSSR count). The van der Waals surface area contributed by atoms with Crippen LogP contribution >= 0.6 is 0 Å². The van der Waals surface area contributed by atoms with Crippen LogP contribution in [-0.4, -0.2) is 24.7 Å². The van der Waals surface area contributed by atoms with Crippen molar-refractivity contribution in [3.8, 4) is 0 Å². The van der Waals surface area contributed by atoms with Crippen LogP contribution in [0, 0.1) is 47.3 Å². The summed E-state index contributed by atoms with van der Waals surface area (Å²) in [6.45, 7) is 4.33. The van der Waals surface area contributed by atoms with Gasteiger partial charge in [0.2, 0.25) is 0 Å². The van der Waals surface area contributed by atoms with Crippen molar-refractivity contribution < 1.29 is 17.6 Å². The maximum atomic E-state index is 15.5. The largest absolute Gasteiger partial charge is 0.244 e. The molecular weight excluding hydrogens is 448 g/mol. The molecule has 0 heterocycles. The fourth-order valence-corrected chi connectivity index (χ4v) is 8.97. The third-order valence-corrected chi connectivity index (χ3v) is 11.1. The van der Waals surface area contributed by atoms with E-state index in [1.165, 1.54) is 25.7 Å². The Morgan fingerprint density at radius 3 is 1.34 bits per heavy atom. The van der Waals surface area contributed by atoms with E-state index in [2.05, 4.69) is 13.8 Å². The van der Waals surface area contributed by atoms with Crippen molar-refractivity contribution in [3.63, 3.8) is 0 Å². The Kier molecular flexibility index (Phi) is 10.3. The molecule has 4 fully saturated rings. The van der Waals surface area contributed by atoms with Crippen LogP contribution < -0.4 is 0 Å². The Bertz CT molecular complexity index is 609. The van der Waals surface area contributed by atoms with E-state index in [9.17, 15) is 4.39 Å². The van der Waals surface area contributed by atoms with Crippen molar-refractivity contribution in [1.82, 2.24) is 0 Å². The lowest BCUT2D eigenvalue weighted by Crippen LogP contribution is -2.46. The fraction of sp³-hybridized carbons (Fsp3) is 1.00. The monoisotopic (exact) mass is 500 g/mol. The molecule has 0 amide bonds. The smallest absolute Gasteiger partial charge is 0.134 e. The molecule has 0 bridgehead atoms. The highest BCUT2D eigenvalue weighted by Crippen LogP contribution is 2.50. The SMILES string of the molecule is CCCCC1CC[C@@H](C2CCC(C3CCC(C4CCC(CCC)CC4)C(F)C3F)CC2)C(F)[C@H]1F. The Hall–Kier alpha value is -0.280. The number of alkyl halides is 4. The van der Waals surface area contributed by atoms with Crippen LogP contribution in [0.4, 0.5) is 17.6 Å². The van der Waals surface area contributed by atoms with Gasteiger partial charge in [0.05, 0.1) is 0 Å². The van der Waals surface area contributed by atoms with Gasteiger partial charge in [0, 0.05) is 0 Å². The highest BCUT2D eigenvalue weighted by Gasteiger charge is 2.48. The number of hydrogen-bond acceptors (Lipinski definition) is 0. The number of hydrogen-bond donors (Lipinski definition) is 0. The van der Waals surface area contributed by atoms with Gasteiger partial charge >= 0.3 is 0 Å². The summed E-state index contributed by atoms with van der Waals surface area (Å²) in [7, 11) is 0. The van der Waals surface area contributed by atoms with Crippen LogP contribution in [-0.2, 0) is 0 Å². The predicted molar refractivity (Wildman–Crippen MR) is 137 cm³/mol. The molecule has 8 atom stereocenters. The number of unbranched alkanes of at least 4 members (excludes halogenated alkanes) is 1. The molecule has 0 aliphatic heterocycles. The highest BCUT2D eigenvalue weighted by atomic mass is 19.2. The molecule has 4 heteroatoms. The molecule has 6 unspecified atom stereocenters. The zero-order chi connectivity index (χ0) is 24.9. The molecule has 4 aliphatic rings. The van der Waals surface area contributed by atoms with Crippen molar-refractivity contribution in [1.29, 1.82) is 0 Å². The molecule has 0 nitrogen and oxygen atoms in total. The number of rotatable bonds is 8. The predicted octanol–water partition coefficient (Wildman–Crippen LogP) is 9.99. The lowest BCUT2D eigenvalue weighted by molar-refractivity contribution is -0.0470. The van der Waals surface area contributed by atoms with Gasteiger partial charge in [-0.15, -0.1) is 0 Å². The summed E-state index contributed by atoms with van der Waals surface area (Å²) < 4.78 is 60.7. The Labute approximate surface area is 212 Å². The quantitative estimate of drug-likeness (QED) is 0.291. The first-order valence-corrected chi connectivity index (χ1v) is 15.5. The van der Waals surface area contributed by atoms with E-state index in [1.54, 1.807) is 0 Å². The van der Waals surface area contributed by atoms with E-state index in [-0.39, 0.29) is 35.5 Å². The van der Waals surface area contributed by atoms with Crippen molar-refractivity contribution in [3.05, 3.63) is 0 Å². The minimum atomic E-state index is -1.33. The molecule has 35 heavy (non-hydrogen) atoms. The van der Waals surface area contributed by atoms with E-state index in [4.69, 9.17) is 0 Å². The zero-order valence-corrected chi connectivity index (χ0v) is 22.5. The van der Waals surface area contributed by atoms with Crippen LogP contribution in [0.5, 0.6) is 0 Å². The maximum Gasteiger partial charge on any atom is 0.134 e. The summed E-state index contributed by atoms with van der Waals surface area (Å²) in [6.07, 6.45) is 11.3. The average Bonchev–Trinajstić information content (AvgIpc) is 2.88. The molecule has 0 radical (unpaired) electrons. The standard InChI is InChI=1S/C31H52F4/c1-3-5-7-24-16-17-25(29(33)28(24)32)22-12-14-23(15-13-22)27-19-18-26(30(34)31(27)35)21-10-8-20(6-4-2)9-11-21/h20-31H,3-19H2,1-2H3/t20?,21?,22?,23?,24?,25-,26?,27?,28-,29?,30?,31?/m0/s1. The molecular formula is C31H52F4. The molecule has 204 valence electrons. The van der Waals surface area contributed by atoms with E-state index >= 15 is 13.2 Å². The second-order valence-electron chi connectivity index (χ2n) is 13.1. The summed E-state index contributed by atoms with van der Waals surface area (Å²) in [4.78, 5) is 0. The van der Waals surface area contributed by atoms with Crippen LogP contribution in [0.2, 0.25) is 0 Å². The minimum absolute atomic E-state index is 0.0863. The molecule has 4 aliphatic carbocycles. The fourth-order valence-electron chi connectivity index (χ4n) is 8.97. The van der Waals surface area contributed by atoms with Crippen LogP contribution in [0.3, 0.4) is 0 Å². The normalized spacial score (nSPS) is 47.5. The molecule has 0 aromatic carbocycles. The highest BCUT2D eigenvalue weighted by molar-refractivity contribution is 4.97. The third-order valence-electron chi connectivity index (χ3n) is 11.1. The van der Waals surface area contributed by atoms with Gasteiger partial charge in [-0.1, -0.05) is 52.4 Å². The van der Waals surface area contributed by atoms with Gasteiger partial charge in [-0.2, -0.15) is 0 Å². The van der Waals surface area contributed by atoms with Crippen molar-refractivity contribution in [2.45, 2.75) is 148 Å². The molecule has 4 saturated carbocycles. The molecule has 0 aromatic heterocycles. The summed E-state index contributed by atoms with van der Waals surface area (Å²) in [5.74, 6) is 1.08. The van der Waals surface area contributed by atoms with Gasteiger partial charge in [0.15, 0.2) is 0 Å². The lowest BCUT2D eigenvalue weighted by atomic mass is 9.61. The van der Waals surface area contributed by atoms with Gasteiger partial charge in [-0.3, -0.25) is 0 Å². The second-order valence-corrected chi connectivity index (χ2v) is 13.1. The molecule has 0 saturated heterocycles. The van der Waals surface area contributed by atoms with E-state index in [0.717, 1.165) is 89.4 Å². The summed E-state index contributed by atoms with van der Waals surface area (Å²) in [5.41, 5.74) is 0. The molecule has 0 N–H and O–H groups in total. The van der Waals surface area contributed by atoms with E-state index in [1.807, 2.05) is 0 Å². The summed E-state index contributed by atoms with van der Waals surface area (Å²) in [6, 6.07) is 0. The lowest BCUT2D eigenvalue weighted by Gasteiger charge is -2.46. The first kappa shape index (κ1) is 27.7. The van der Waals surface area contributed by atoms with Gasteiger partial charge < -0.3 is 0 Å². The molecule has 0 spiro atoms. The number of halogens is 4. The Morgan fingerprint density at radius 2 is 0.886 bits per heavy atom. The third kappa shape index (κ3) is 6.42. The van der Waals surface area contributed by atoms with Gasteiger partial charge in [0.25, 0.3) is 0 Å². The van der Waals surface area contributed by atoms with Crippen LogP contribution in [0.15, 0.2) is 0 Å². The Morgan fingerprint density at radius 1 is 0.457 bits per heavy atom. The van der Waals surface area contributed by atoms with Crippen LogP contribution in [0.1, 0.15) is 123 Å². The summed E-state index contributed by atoms with van der Waals surface area (Å²) >= 11 is 0. The van der Waals surface area contributed by atoms with Crippen molar-refractivity contribution >= 4 is 0 Å².